The minimum absolute atomic E-state index is 0.0471. The maximum atomic E-state index is 13.8. The monoisotopic (exact) mass is 400 g/mol. The second-order valence-electron chi connectivity index (χ2n) is 5.75. The summed E-state index contributed by atoms with van der Waals surface area (Å²) in [7, 11) is -3.85. The van der Waals surface area contributed by atoms with E-state index in [2.05, 4.69) is 0 Å². The molecule has 138 valence electrons. The van der Waals surface area contributed by atoms with E-state index < -0.39 is 27.6 Å². The molecule has 1 heterocycles. The Kier molecular flexibility index (Phi) is 5.27. The van der Waals surface area contributed by atoms with E-state index in [1.54, 1.807) is 6.07 Å². The molecule has 2 aromatic carbocycles. The lowest BCUT2D eigenvalue weighted by atomic mass is 10.1. The molecule has 0 spiro atoms. The topological polar surface area (TPSA) is 57.7 Å². The van der Waals surface area contributed by atoms with Crippen LogP contribution in [0, 0.1) is 11.6 Å². The van der Waals surface area contributed by atoms with Gasteiger partial charge in [-0.1, -0.05) is 23.7 Å². The average Bonchev–Trinajstić information content (AvgIpc) is 2.64. The maximum absolute atomic E-state index is 13.8. The largest absolute Gasteiger partial charge is 0.336 e. The highest BCUT2D eigenvalue weighted by Crippen LogP contribution is 2.23. The maximum Gasteiger partial charge on any atom is 0.256 e. The number of carbonyl (C=O) groups is 1. The molecule has 9 heteroatoms. The first-order valence-electron chi connectivity index (χ1n) is 7.80. The number of rotatable bonds is 3. The number of sulfonamides is 1. The smallest absolute Gasteiger partial charge is 0.256 e. The molecule has 26 heavy (non-hydrogen) atoms. The van der Waals surface area contributed by atoms with E-state index in [4.69, 9.17) is 11.6 Å². The summed E-state index contributed by atoms with van der Waals surface area (Å²) in [6.07, 6.45) is 0. The molecule has 0 bridgehead atoms. The van der Waals surface area contributed by atoms with Gasteiger partial charge in [-0.05, 0) is 30.3 Å². The standard InChI is InChI=1S/C17H15ClF2N2O3S/c18-14-11-12(5-6-16(14)20)26(24,25)22-9-7-21(8-10-22)17(23)13-3-1-2-4-15(13)19/h1-6,11H,7-10H2. The van der Waals surface area contributed by atoms with Crippen molar-refractivity contribution >= 4 is 27.5 Å². The van der Waals surface area contributed by atoms with Gasteiger partial charge in [-0.2, -0.15) is 4.31 Å². The lowest BCUT2D eigenvalue weighted by Gasteiger charge is -2.34. The first-order valence-corrected chi connectivity index (χ1v) is 9.61. The summed E-state index contributed by atoms with van der Waals surface area (Å²) in [4.78, 5) is 13.7. The lowest BCUT2D eigenvalue weighted by molar-refractivity contribution is 0.0693. The van der Waals surface area contributed by atoms with Gasteiger partial charge in [-0.25, -0.2) is 17.2 Å². The van der Waals surface area contributed by atoms with Crippen LogP contribution < -0.4 is 0 Å². The van der Waals surface area contributed by atoms with Gasteiger partial charge < -0.3 is 4.90 Å². The molecule has 0 aromatic heterocycles. The zero-order chi connectivity index (χ0) is 18.9. The van der Waals surface area contributed by atoms with Crippen molar-refractivity contribution in [3.05, 3.63) is 64.7 Å². The third-order valence-corrected chi connectivity index (χ3v) is 6.34. The van der Waals surface area contributed by atoms with Crippen molar-refractivity contribution in [1.29, 1.82) is 0 Å². The van der Waals surface area contributed by atoms with Crippen LogP contribution in [0.5, 0.6) is 0 Å². The first-order chi connectivity index (χ1) is 12.3. The number of piperazine rings is 1. The first kappa shape index (κ1) is 18.8. The van der Waals surface area contributed by atoms with E-state index in [-0.39, 0.29) is 41.7 Å². The van der Waals surface area contributed by atoms with Crippen LogP contribution in [0.1, 0.15) is 10.4 Å². The summed E-state index contributed by atoms with van der Waals surface area (Å²) in [5.74, 6) is -1.80. The van der Waals surface area contributed by atoms with E-state index in [0.29, 0.717) is 0 Å². The highest BCUT2D eigenvalue weighted by molar-refractivity contribution is 7.89. The predicted octanol–water partition coefficient (Wildman–Crippen LogP) is 2.76. The van der Waals surface area contributed by atoms with E-state index in [1.807, 2.05) is 0 Å². The van der Waals surface area contributed by atoms with Crippen molar-refractivity contribution in [2.24, 2.45) is 0 Å². The molecule has 3 rings (SSSR count). The lowest BCUT2D eigenvalue weighted by Crippen LogP contribution is -2.50. The minimum Gasteiger partial charge on any atom is -0.336 e. The normalized spacial score (nSPS) is 15.9. The zero-order valence-corrected chi connectivity index (χ0v) is 15.1. The Morgan fingerprint density at radius 3 is 2.23 bits per heavy atom. The van der Waals surface area contributed by atoms with Gasteiger partial charge in [-0.15, -0.1) is 0 Å². The Hall–Kier alpha value is -2.03. The number of hydrogen-bond acceptors (Lipinski definition) is 3. The summed E-state index contributed by atoms with van der Waals surface area (Å²) in [6, 6.07) is 8.84. The number of halogens is 3. The molecule has 0 N–H and O–H groups in total. The molecule has 1 aliphatic heterocycles. The van der Waals surface area contributed by atoms with Gasteiger partial charge in [-0.3, -0.25) is 4.79 Å². The van der Waals surface area contributed by atoms with Crippen molar-refractivity contribution in [3.63, 3.8) is 0 Å². The van der Waals surface area contributed by atoms with E-state index >= 15 is 0 Å². The molecule has 1 saturated heterocycles. The fourth-order valence-corrected chi connectivity index (χ4v) is 4.42. The third-order valence-electron chi connectivity index (χ3n) is 4.16. The Morgan fingerprint density at radius 1 is 0.962 bits per heavy atom. The summed E-state index contributed by atoms with van der Waals surface area (Å²) in [5, 5.41) is -0.278. The van der Waals surface area contributed by atoms with Crippen molar-refractivity contribution in [3.8, 4) is 0 Å². The Balaban J connectivity index is 1.72. The van der Waals surface area contributed by atoms with Gasteiger partial charge in [0.15, 0.2) is 0 Å². The molecule has 1 fully saturated rings. The molecule has 0 radical (unpaired) electrons. The number of amides is 1. The van der Waals surface area contributed by atoms with Crippen LogP contribution in [0.3, 0.4) is 0 Å². The zero-order valence-electron chi connectivity index (χ0n) is 13.5. The SMILES string of the molecule is O=C(c1ccccc1F)N1CCN(S(=O)(=O)c2ccc(F)c(Cl)c2)CC1. The number of benzene rings is 2. The van der Waals surface area contributed by atoms with Gasteiger partial charge in [0.1, 0.15) is 11.6 Å². The fourth-order valence-electron chi connectivity index (χ4n) is 2.72. The van der Waals surface area contributed by atoms with Gasteiger partial charge in [0, 0.05) is 26.2 Å². The van der Waals surface area contributed by atoms with Crippen LogP contribution in [-0.2, 0) is 10.0 Å². The molecule has 0 aliphatic carbocycles. The van der Waals surface area contributed by atoms with Crippen LogP contribution in [0.2, 0.25) is 5.02 Å². The van der Waals surface area contributed by atoms with Gasteiger partial charge in [0.25, 0.3) is 5.91 Å². The molecular weight excluding hydrogens is 386 g/mol. The van der Waals surface area contributed by atoms with Crippen LogP contribution in [-0.4, -0.2) is 49.7 Å². The van der Waals surface area contributed by atoms with Crippen molar-refractivity contribution in [2.75, 3.05) is 26.2 Å². The molecule has 0 saturated carbocycles. The molecule has 1 aliphatic rings. The van der Waals surface area contributed by atoms with Gasteiger partial charge in [0.2, 0.25) is 10.0 Å². The summed E-state index contributed by atoms with van der Waals surface area (Å²) >= 11 is 5.66. The minimum atomic E-state index is -3.85. The summed E-state index contributed by atoms with van der Waals surface area (Å²) in [6.45, 7) is 0.359. The van der Waals surface area contributed by atoms with E-state index in [1.165, 1.54) is 27.4 Å². The van der Waals surface area contributed by atoms with E-state index in [0.717, 1.165) is 18.2 Å². The van der Waals surface area contributed by atoms with Crippen LogP contribution >= 0.6 is 11.6 Å². The number of nitrogens with zero attached hydrogens (tertiary/aromatic N) is 2. The third kappa shape index (κ3) is 3.58. The quantitative estimate of drug-likeness (QED) is 0.796. The van der Waals surface area contributed by atoms with Crippen LogP contribution in [0.25, 0.3) is 0 Å². The summed E-state index contributed by atoms with van der Waals surface area (Å²) < 4.78 is 53.5. The second kappa shape index (κ2) is 7.30. The molecule has 1 amide bonds. The summed E-state index contributed by atoms with van der Waals surface area (Å²) in [5.41, 5.74) is -0.0471. The highest BCUT2D eigenvalue weighted by Gasteiger charge is 2.31. The van der Waals surface area contributed by atoms with Crippen LogP contribution in [0.4, 0.5) is 8.78 Å². The Labute approximate surface area is 154 Å². The number of carbonyl (C=O) groups excluding carboxylic acids is 1. The van der Waals surface area contributed by atoms with Crippen molar-refractivity contribution < 1.29 is 22.0 Å². The molecule has 0 atom stereocenters. The van der Waals surface area contributed by atoms with Crippen molar-refractivity contribution in [2.45, 2.75) is 4.90 Å². The number of hydrogen-bond donors (Lipinski definition) is 0. The van der Waals surface area contributed by atoms with E-state index in [9.17, 15) is 22.0 Å². The van der Waals surface area contributed by atoms with Gasteiger partial charge in [0.05, 0.1) is 15.5 Å². The highest BCUT2D eigenvalue weighted by atomic mass is 35.5. The molecular formula is C17H15ClF2N2O3S. The average molecular weight is 401 g/mol. The Bertz CT molecular complexity index is 945. The van der Waals surface area contributed by atoms with Gasteiger partial charge >= 0.3 is 0 Å². The fraction of sp³-hybridized carbons (Fsp3) is 0.235. The molecule has 2 aromatic rings. The molecule has 5 nitrogen and oxygen atoms in total. The Morgan fingerprint density at radius 2 is 1.62 bits per heavy atom. The van der Waals surface area contributed by atoms with Crippen molar-refractivity contribution in [1.82, 2.24) is 9.21 Å². The predicted molar refractivity (Wildman–Crippen MR) is 92.5 cm³/mol. The van der Waals surface area contributed by atoms with Crippen LogP contribution in [0.15, 0.2) is 47.4 Å². The molecule has 0 unspecified atom stereocenters. The second-order valence-corrected chi connectivity index (χ2v) is 8.10.